The number of carbonyl (C=O) groups is 2. The third-order valence-electron chi connectivity index (χ3n) is 3.73. The fourth-order valence-electron chi connectivity index (χ4n) is 2.63. The minimum absolute atomic E-state index is 0.00801. The van der Waals surface area contributed by atoms with E-state index in [9.17, 15) is 9.59 Å². The number of alkyl carbamates (subject to hydrolysis) is 1. The number of nitrogens with zero attached hydrogens (tertiary/aromatic N) is 2. The molecular weight excluding hydrogens is 298 g/mol. The number of benzene rings is 1. The number of hydrogen-bond donors (Lipinski definition) is 2. The molecule has 1 aliphatic rings. The van der Waals surface area contributed by atoms with Crippen LogP contribution in [0.3, 0.4) is 0 Å². The highest BCUT2D eigenvalue weighted by Crippen LogP contribution is 2.24. The molecule has 0 aliphatic carbocycles. The van der Waals surface area contributed by atoms with E-state index in [0.29, 0.717) is 18.8 Å². The topological polar surface area (TPSA) is 93.5 Å². The molecule has 0 fully saturated rings. The molecule has 1 aliphatic heterocycles. The van der Waals surface area contributed by atoms with Crippen LogP contribution in [0.2, 0.25) is 0 Å². The van der Waals surface area contributed by atoms with Gasteiger partial charge in [-0.15, -0.1) is 0 Å². The Labute approximate surface area is 132 Å². The molecule has 3 rings (SSSR count). The van der Waals surface area contributed by atoms with Crippen molar-refractivity contribution < 1.29 is 19.4 Å². The first-order valence-corrected chi connectivity index (χ1v) is 7.41. The minimum Gasteiger partial charge on any atom is -0.476 e. The molecule has 1 unspecified atom stereocenters. The summed E-state index contributed by atoms with van der Waals surface area (Å²) in [6.07, 6.45) is 2.51. The first kappa shape index (κ1) is 15.1. The molecule has 0 radical (unpaired) electrons. The van der Waals surface area contributed by atoms with Gasteiger partial charge in [-0.3, -0.25) is 0 Å². The molecule has 120 valence electrons. The van der Waals surface area contributed by atoms with E-state index in [0.717, 1.165) is 12.0 Å². The summed E-state index contributed by atoms with van der Waals surface area (Å²) in [5.41, 5.74) is 0.896. The molecule has 1 amide bonds. The van der Waals surface area contributed by atoms with Gasteiger partial charge in [-0.1, -0.05) is 30.3 Å². The summed E-state index contributed by atoms with van der Waals surface area (Å²) >= 11 is 0. The first-order valence-electron chi connectivity index (χ1n) is 7.41. The van der Waals surface area contributed by atoms with Crippen LogP contribution in [0.15, 0.2) is 36.5 Å². The summed E-state index contributed by atoms with van der Waals surface area (Å²) in [4.78, 5) is 27.1. The van der Waals surface area contributed by atoms with Crippen molar-refractivity contribution in [2.45, 2.75) is 32.0 Å². The lowest BCUT2D eigenvalue weighted by atomic mass is 10.1. The molecule has 7 heteroatoms. The van der Waals surface area contributed by atoms with Gasteiger partial charge in [-0.05, 0) is 18.4 Å². The van der Waals surface area contributed by atoms with Crippen LogP contribution in [0.25, 0.3) is 0 Å². The van der Waals surface area contributed by atoms with Crippen LogP contribution in [0.4, 0.5) is 4.79 Å². The molecular formula is C16H17N3O4. The molecule has 1 aromatic carbocycles. The summed E-state index contributed by atoms with van der Waals surface area (Å²) in [5.74, 6) is -0.511. The zero-order chi connectivity index (χ0) is 16.2. The van der Waals surface area contributed by atoms with Crippen molar-refractivity contribution in [2.24, 2.45) is 0 Å². The van der Waals surface area contributed by atoms with Gasteiger partial charge in [0.2, 0.25) is 0 Å². The lowest BCUT2D eigenvalue weighted by Gasteiger charge is -2.23. The Hall–Kier alpha value is -2.83. The Morgan fingerprint density at radius 3 is 2.87 bits per heavy atom. The van der Waals surface area contributed by atoms with Crippen molar-refractivity contribution in [1.82, 2.24) is 14.9 Å². The van der Waals surface area contributed by atoms with E-state index in [-0.39, 0.29) is 18.3 Å². The fraction of sp³-hybridized carbons (Fsp3) is 0.312. The van der Waals surface area contributed by atoms with Gasteiger partial charge in [0.15, 0.2) is 5.69 Å². The lowest BCUT2D eigenvalue weighted by molar-refractivity contribution is 0.0690. The van der Waals surface area contributed by atoms with Crippen molar-refractivity contribution in [3.63, 3.8) is 0 Å². The standard InChI is InChI=1S/C16H17N3O4/c20-15(21)13-9-19-8-4-7-12(14(19)17-13)18-16(22)23-10-11-5-2-1-3-6-11/h1-3,5-6,9,12H,4,7-8,10H2,(H,18,22)(H,20,21). The number of carboxylic acids is 1. The Kier molecular flexibility index (Phi) is 4.27. The number of imidazole rings is 1. The predicted molar refractivity (Wildman–Crippen MR) is 80.9 cm³/mol. The maximum Gasteiger partial charge on any atom is 0.408 e. The van der Waals surface area contributed by atoms with Gasteiger partial charge in [0.1, 0.15) is 12.4 Å². The van der Waals surface area contributed by atoms with Gasteiger partial charge in [0, 0.05) is 12.7 Å². The largest absolute Gasteiger partial charge is 0.476 e. The van der Waals surface area contributed by atoms with Crippen LogP contribution in [-0.2, 0) is 17.9 Å². The zero-order valence-electron chi connectivity index (χ0n) is 12.4. The molecule has 0 saturated heterocycles. The number of carbonyl (C=O) groups excluding carboxylic acids is 1. The average Bonchev–Trinajstić information content (AvgIpc) is 3.00. The van der Waals surface area contributed by atoms with E-state index >= 15 is 0 Å². The number of ether oxygens (including phenoxy) is 1. The van der Waals surface area contributed by atoms with Gasteiger partial charge in [-0.25, -0.2) is 14.6 Å². The molecule has 0 bridgehead atoms. The van der Waals surface area contributed by atoms with Gasteiger partial charge in [0.25, 0.3) is 0 Å². The van der Waals surface area contributed by atoms with E-state index in [1.807, 2.05) is 30.3 Å². The maximum absolute atomic E-state index is 11.9. The number of amides is 1. The van der Waals surface area contributed by atoms with Crippen LogP contribution in [0, 0.1) is 0 Å². The van der Waals surface area contributed by atoms with E-state index in [1.54, 1.807) is 4.57 Å². The summed E-state index contributed by atoms with van der Waals surface area (Å²) in [6.45, 7) is 0.890. The molecule has 23 heavy (non-hydrogen) atoms. The number of nitrogens with one attached hydrogen (secondary N) is 1. The first-order chi connectivity index (χ1) is 11.1. The quantitative estimate of drug-likeness (QED) is 0.903. The number of aromatic carboxylic acids is 1. The second-order valence-electron chi connectivity index (χ2n) is 5.38. The molecule has 2 heterocycles. The molecule has 7 nitrogen and oxygen atoms in total. The van der Waals surface area contributed by atoms with E-state index < -0.39 is 12.1 Å². The third-order valence-corrected chi connectivity index (χ3v) is 3.73. The van der Waals surface area contributed by atoms with Crippen LogP contribution in [-0.4, -0.2) is 26.7 Å². The average molecular weight is 315 g/mol. The van der Waals surface area contributed by atoms with Gasteiger partial charge in [0.05, 0.1) is 6.04 Å². The van der Waals surface area contributed by atoms with Crippen LogP contribution < -0.4 is 5.32 Å². The maximum atomic E-state index is 11.9. The highest BCUT2D eigenvalue weighted by molar-refractivity contribution is 5.85. The van der Waals surface area contributed by atoms with Crippen molar-refractivity contribution >= 4 is 12.1 Å². The Morgan fingerprint density at radius 1 is 1.35 bits per heavy atom. The van der Waals surface area contributed by atoms with Crippen molar-refractivity contribution in [3.05, 3.63) is 53.6 Å². The molecule has 2 aromatic rings. The van der Waals surface area contributed by atoms with E-state index in [2.05, 4.69) is 10.3 Å². The van der Waals surface area contributed by atoms with E-state index in [4.69, 9.17) is 9.84 Å². The van der Waals surface area contributed by atoms with Gasteiger partial charge in [-0.2, -0.15) is 0 Å². The van der Waals surface area contributed by atoms with Crippen molar-refractivity contribution in [3.8, 4) is 0 Å². The summed E-state index contributed by atoms with van der Waals surface area (Å²) in [7, 11) is 0. The second-order valence-corrected chi connectivity index (χ2v) is 5.38. The Bertz CT molecular complexity index is 711. The molecule has 1 aromatic heterocycles. The van der Waals surface area contributed by atoms with Crippen LogP contribution in [0.1, 0.15) is 40.8 Å². The highest BCUT2D eigenvalue weighted by Gasteiger charge is 2.26. The number of aromatic nitrogens is 2. The number of aryl methyl sites for hydroxylation is 1. The third kappa shape index (κ3) is 3.50. The Balaban J connectivity index is 1.62. The van der Waals surface area contributed by atoms with Crippen molar-refractivity contribution in [1.29, 1.82) is 0 Å². The predicted octanol–water partition coefficient (Wildman–Crippen LogP) is 2.34. The summed E-state index contributed by atoms with van der Waals surface area (Å²) in [5, 5.41) is 11.8. The number of rotatable bonds is 4. The molecule has 0 spiro atoms. The van der Waals surface area contributed by atoms with Gasteiger partial charge >= 0.3 is 12.1 Å². The van der Waals surface area contributed by atoms with E-state index in [1.165, 1.54) is 6.20 Å². The molecule has 0 saturated carbocycles. The molecule has 2 N–H and O–H groups in total. The monoisotopic (exact) mass is 315 g/mol. The minimum atomic E-state index is -1.07. The van der Waals surface area contributed by atoms with Crippen LogP contribution >= 0.6 is 0 Å². The number of fused-ring (bicyclic) bond motifs is 1. The fourth-order valence-corrected chi connectivity index (χ4v) is 2.63. The summed E-state index contributed by atoms with van der Waals surface area (Å²) in [6, 6.07) is 9.06. The zero-order valence-corrected chi connectivity index (χ0v) is 12.4. The normalized spacial score (nSPS) is 16.4. The Morgan fingerprint density at radius 2 is 2.13 bits per heavy atom. The lowest BCUT2D eigenvalue weighted by Crippen LogP contribution is -2.33. The summed E-state index contributed by atoms with van der Waals surface area (Å²) < 4.78 is 6.97. The second kappa shape index (κ2) is 6.51. The highest BCUT2D eigenvalue weighted by atomic mass is 16.5. The van der Waals surface area contributed by atoms with Crippen molar-refractivity contribution in [2.75, 3.05) is 0 Å². The van der Waals surface area contributed by atoms with Crippen LogP contribution in [0.5, 0.6) is 0 Å². The number of hydrogen-bond acceptors (Lipinski definition) is 4. The molecule has 1 atom stereocenters. The van der Waals surface area contributed by atoms with Gasteiger partial charge < -0.3 is 19.7 Å². The smallest absolute Gasteiger partial charge is 0.408 e. The number of carboxylic acid groups (broad SMARTS) is 1. The SMILES string of the molecule is O=C(NC1CCCn2cc(C(=O)O)nc21)OCc1ccccc1.